The largest absolute Gasteiger partial charge is 0.497 e. The van der Waals surface area contributed by atoms with Crippen molar-refractivity contribution in [2.24, 2.45) is 5.92 Å². The molecule has 1 aliphatic rings. The molecule has 0 aliphatic carbocycles. The molecule has 0 bridgehead atoms. The maximum absolute atomic E-state index is 12.4. The lowest BCUT2D eigenvalue weighted by Gasteiger charge is -2.33. The summed E-state index contributed by atoms with van der Waals surface area (Å²) in [6.45, 7) is 5.53. The van der Waals surface area contributed by atoms with Gasteiger partial charge in [-0.1, -0.05) is 19.9 Å². The van der Waals surface area contributed by atoms with Crippen molar-refractivity contribution in [3.8, 4) is 11.5 Å². The molecule has 2 amide bonds. The van der Waals surface area contributed by atoms with Gasteiger partial charge in [0.1, 0.15) is 11.5 Å². The zero-order chi connectivity index (χ0) is 19.1. The van der Waals surface area contributed by atoms with Crippen LogP contribution in [-0.4, -0.2) is 50.1 Å². The molecule has 6 nitrogen and oxygen atoms in total. The Morgan fingerprint density at radius 1 is 1.19 bits per heavy atom. The first-order valence-corrected chi connectivity index (χ1v) is 9.21. The van der Waals surface area contributed by atoms with Crippen LogP contribution in [0, 0.1) is 5.92 Å². The molecule has 2 rings (SSSR count). The lowest BCUT2D eigenvalue weighted by Crippen LogP contribution is -2.47. The van der Waals surface area contributed by atoms with Gasteiger partial charge in [-0.25, -0.2) is 0 Å². The summed E-state index contributed by atoms with van der Waals surface area (Å²) in [4.78, 5) is 26.4. The van der Waals surface area contributed by atoms with Crippen molar-refractivity contribution in [1.82, 2.24) is 10.2 Å². The summed E-state index contributed by atoms with van der Waals surface area (Å²) < 4.78 is 10.5. The topological polar surface area (TPSA) is 67.9 Å². The predicted octanol–water partition coefficient (Wildman–Crippen LogP) is 2.40. The lowest BCUT2D eigenvalue weighted by atomic mass is 10.0. The second kappa shape index (κ2) is 9.46. The third-order valence-corrected chi connectivity index (χ3v) is 4.64. The molecule has 1 N–H and O–H groups in total. The highest BCUT2D eigenvalue weighted by Gasteiger charge is 2.24. The Labute approximate surface area is 155 Å². The second-order valence-corrected chi connectivity index (χ2v) is 7.18. The fourth-order valence-electron chi connectivity index (χ4n) is 3.20. The van der Waals surface area contributed by atoms with E-state index < -0.39 is 0 Å². The summed E-state index contributed by atoms with van der Waals surface area (Å²) in [5, 5.41) is 3.08. The molecule has 0 radical (unpaired) electrons. The average Bonchev–Trinajstić information content (AvgIpc) is 2.62. The fourth-order valence-corrected chi connectivity index (χ4v) is 3.20. The third kappa shape index (κ3) is 5.64. The van der Waals surface area contributed by atoms with Crippen LogP contribution >= 0.6 is 0 Å². The van der Waals surface area contributed by atoms with Crippen LogP contribution < -0.4 is 14.8 Å². The molecule has 26 heavy (non-hydrogen) atoms. The van der Waals surface area contributed by atoms with Crippen molar-refractivity contribution in [3.05, 3.63) is 23.8 Å². The molecule has 6 heteroatoms. The summed E-state index contributed by atoms with van der Waals surface area (Å²) in [7, 11) is 3.18. The number of piperidine rings is 1. The minimum atomic E-state index is -0.0274. The molecule has 0 unspecified atom stereocenters. The minimum absolute atomic E-state index is 0.0274. The molecule has 1 aliphatic heterocycles. The van der Waals surface area contributed by atoms with Crippen LogP contribution in [0.15, 0.2) is 18.2 Å². The van der Waals surface area contributed by atoms with Crippen LogP contribution in [0.4, 0.5) is 0 Å². The van der Waals surface area contributed by atoms with Gasteiger partial charge in [0.25, 0.3) is 0 Å². The number of carbonyl (C=O) groups is 2. The quantitative estimate of drug-likeness (QED) is 0.809. The Hall–Kier alpha value is -2.24. The van der Waals surface area contributed by atoms with E-state index in [-0.39, 0.29) is 24.3 Å². The summed E-state index contributed by atoms with van der Waals surface area (Å²) in [5.41, 5.74) is 0.829. The van der Waals surface area contributed by atoms with E-state index >= 15 is 0 Å². The van der Waals surface area contributed by atoms with Crippen molar-refractivity contribution < 1.29 is 19.1 Å². The number of nitrogens with one attached hydrogen (secondary N) is 1. The van der Waals surface area contributed by atoms with E-state index in [9.17, 15) is 9.59 Å². The first-order valence-electron chi connectivity index (χ1n) is 9.21. The average molecular weight is 362 g/mol. The van der Waals surface area contributed by atoms with Crippen LogP contribution in [0.5, 0.6) is 11.5 Å². The van der Waals surface area contributed by atoms with Crippen LogP contribution in [-0.2, 0) is 16.0 Å². The normalized spacial score (nSPS) is 15.0. The van der Waals surface area contributed by atoms with E-state index in [1.165, 1.54) is 0 Å². The van der Waals surface area contributed by atoms with E-state index in [4.69, 9.17) is 9.47 Å². The van der Waals surface area contributed by atoms with Gasteiger partial charge in [0.15, 0.2) is 0 Å². The Morgan fingerprint density at radius 3 is 2.46 bits per heavy atom. The number of methoxy groups -OCH3 is 2. The number of hydrogen-bond donors (Lipinski definition) is 1. The Morgan fingerprint density at radius 2 is 1.88 bits per heavy atom. The van der Waals surface area contributed by atoms with E-state index in [1.54, 1.807) is 20.3 Å². The summed E-state index contributed by atoms with van der Waals surface area (Å²) >= 11 is 0. The van der Waals surface area contributed by atoms with Gasteiger partial charge in [-0.15, -0.1) is 0 Å². The Balaban J connectivity index is 1.83. The maximum atomic E-state index is 12.4. The molecule has 0 spiro atoms. The zero-order valence-electron chi connectivity index (χ0n) is 16.2. The summed E-state index contributed by atoms with van der Waals surface area (Å²) in [6, 6.07) is 5.57. The van der Waals surface area contributed by atoms with E-state index in [2.05, 4.69) is 19.2 Å². The Bertz CT molecular complexity index is 622. The second-order valence-electron chi connectivity index (χ2n) is 7.18. The number of rotatable bonds is 7. The SMILES string of the molecule is COc1ccc(CC(=O)NC2CCN(C(=O)CC(C)C)CC2)c(OC)c1. The van der Waals surface area contributed by atoms with Gasteiger partial charge in [-0.2, -0.15) is 0 Å². The Kier molecular flexibility index (Phi) is 7.30. The molecule has 1 fully saturated rings. The standard InChI is InChI=1S/C20H30N2O4/c1-14(2)11-20(24)22-9-7-16(8-10-22)21-19(23)12-15-5-6-17(25-3)13-18(15)26-4/h5-6,13-14,16H,7-12H2,1-4H3,(H,21,23). The van der Waals surface area contributed by atoms with Gasteiger partial charge in [0, 0.05) is 37.2 Å². The highest BCUT2D eigenvalue weighted by atomic mass is 16.5. The molecule has 1 saturated heterocycles. The monoisotopic (exact) mass is 362 g/mol. The van der Waals surface area contributed by atoms with Gasteiger partial charge in [-0.05, 0) is 24.8 Å². The van der Waals surface area contributed by atoms with Gasteiger partial charge in [0.2, 0.25) is 11.8 Å². The fraction of sp³-hybridized carbons (Fsp3) is 0.600. The molecule has 1 aromatic rings. The highest BCUT2D eigenvalue weighted by Crippen LogP contribution is 2.25. The van der Waals surface area contributed by atoms with Crippen LogP contribution in [0.2, 0.25) is 0 Å². The van der Waals surface area contributed by atoms with E-state index in [0.29, 0.717) is 36.9 Å². The van der Waals surface area contributed by atoms with Crippen LogP contribution in [0.25, 0.3) is 0 Å². The maximum Gasteiger partial charge on any atom is 0.224 e. The van der Waals surface area contributed by atoms with Crippen molar-refractivity contribution in [1.29, 1.82) is 0 Å². The van der Waals surface area contributed by atoms with Gasteiger partial charge in [-0.3, -0.25) is 9.59 Å². The van der Waals surface area contributed by atoms with E-state index in [1.807, 2.05) is 17.0 Å². The molecule has 0 saturated carbocycles. The molecular formula is C20H30N2O4. The van der Waals surface area contributed by atoms with Crippen molar-refractivity contribution in [2.75, 3.05) is 27.3 Å². The predicted molar refractivity (Wildman–Crippen MR) is 100 cm³/mol. The molecule has 1 heterocycles. The molecule has 0 aromatic heterocycles. The number of likely N-dealkylation sites (tertiary alicyclic amines) is 1. The van der Waals surface area contributed by atoms with Crippen molar-refractivity contribution >= 4 is 11.8 Å². The number of nitrogens with zero attached hydrogens (tertiary/aromatic N) is 1. The number of carbonyl (C=O) groups excluding carboxylic acids is 2. The van der Waals surface area contributed by atoms with E-state index in [0.717, 1.165) is 18.4 Å². The number of hydrogen-bond acceptors (Lipinski definition) is 4. The lowest BCUT2D eigenvalue weighted by molar-refractivity contribution is -0.133. The highest BCUT2D eigenvalue weighted by molar-refractivity contribution is 5.80. The van der Waals surface area contributed by atoms with Gasteiger partial charge >= 0.3 is 0 Å². The smallest absolute Gasteiger partial charge is 0.224 e. The van der Waals surface area contributed by atoms with Crippen LogP contribution in [0.1, 0.15) is 38.7 Å². The van der Waals surface area contributed by atoms with Gasteiger partial charge in [0.05, 0.1) is 20.6 Å². The summed E-state index contributed by atoms with van der Waals surface area (Å²) in [5.74, 6) is 1.91. The molecular weight excluding hydrogens is 332 g/mol. The molecule has 1 aromatic carbocycles. The van der Waals surface area contributed by atoms with Crippen LogP contribution in [0.3, 0.4) is 0 Å². The zero-order valence-corrected chi connectivity index (χ0v) is 16.2. The number of amides is 2. The summed E-state index contributed by atoms with van der Waals surface area (Å²) in [6.07, 6.45) is 2.46. The third-order valence-electron chi connectivity index (χ3n) is 4.64. The molecule has 0 atom stereocenters. The minimum Gasteiger partial charge on any atom is -0.497 e. The number of benzene rings is 1. The molecule has 144 valence electrons. The number of ether oxygens (including phenoxy) is 2. The first-order chi connectivity index (χ1) is 12.4. The first kappa shape index (κ1) is 20.1. The van der Waals surface area contributed by atoms with Crippen molar-refractivity contribution in [3.63, 3.8) is 0 Å². The van der Waals surface area contributed by atoms with Crippen molar-refractivity contribution in [2.45, 2.75) is 45.6 Å². The van der Waals surface area contributed by atoms with Gasteiger partial charge < -0.3 is 19.7 Å².